The van der Waals surface area contributed by atoms with Crippen LogP contribution in [0.25, 0.3) is 0 Å². The molecule has 1 aliphatic heterocycles. The summed E-state index contributed by atoms with van der Waals surface area (Å²) in [6.45, 7) is 8.09. The summed E-state index contributed by atoms with van der Waals surface area (Å²) >= 11 is 0. The fourth-order valence-corrected chi connectivity index (χ4v) is 3.24. The van der Waals surface area contributed by atoms with Crippen molar-refractivity contribution < 1.29 is 4.79 Å². The molecular formula is C15H30ClN3O. The maximum atomic E-state index is 12.4. The molecule has 1 N–H and O–H groups in total. The molecule has 0 radical (unpaired) electrons. The molecule has 2 rings (SSSR count). The fraction of sp³-hybridized carbons (Fsp3) is 0.933. The van der Waals surface area contributed by atoms with Crippen LogP contribution < -0.4 is 5.32 Å². The lowest BCUT2D eigenvalue weighted by Crippen LogP contribution is -2.53. The Kier molecular flexibility index (Phi) is 7.27. The SMILES string of the molecule is CC1CCC(N(C)C(=O)CN2CCNCC2C)CC1.Cl. The molecule has 1 aliphatic carbocycles. The number of carbonyl (C=O) groups is 1. The van der Waals surface area contributed by atoms with Gasteiger partial charge in [-0.1, -0.05) is 6.92 Å². The Balaban J connectivity index is 0.00000200. The number of hydrogen-bond donors (Lipinski definition) is 1. The van der Waals surface area contributed by atoms with Gasteiger partial charge in [0.25, 0.3) is 0 Å². The normalized spacial score (nSPS) is 31.4. The first-order chi connectivity index (χ1) is 9.08. The minimum Gasteiger partial charge on any atom is -0.342 e. The topological polar surface area (TPSA) is 35.6 Å². The predicted octanol–water partition coefficient (Wildman–Crippen LogP) is 1.74. The van der Waals surface area contributed by atoms with Gasteiger partial charge in [0.05, 0.1) is 6.54 Å². The van der Waals surface area contributed by atoms with Crippen molar-refractivity contribution in [2.24, 2.45) is 5.92 Å². The van der Waals surface area contributed by atoms with E-state index in [9.17, 15) is 4.79 Å². The van der Waals surface area contributed by atoms with E-state index in [1.165, 1.54) is 25.7 Å². The third-order valence-electron chi connectivity index (χ3n) is 4.90. The minimum absolute atomic E-state index is 0. The van der Waals surface area contributed by atoms with Crippen LogP contribution in [0.5, 0.6) is 0 Å². The van der Waals surface area contributed by atoms with Crippen molar-refractivity contribution in [3.05, 3.63) is 0 Å². The average Bonchev–Trinajstić information content (AvgIpc) is 2.41. The van der Waals surface area contributed by atoms with Crippen LogP contribution in [0, 0.1) is 5.92 Å². The first kappa shape index (κ1) is 17.7. The molecule has 1 unspecified atom stereocenters. The van der Waals surface area contributed by atoms with Gasteiger partial charge in [0.1, 0.15) is 0 Å². The molecular weight excluding hydrogens is 274 g/mol. The van der Waals surface area contributed by atoms with Crippen molar-refractivity contribution >= 4 is 18.3 Å². The number of piperazine rings is 1. The molecule has 1 amide bonds. The molecule has 1 heterocycles. The highest BCUT2D eigenvalue weighted by molar-refractivity contribution is 5.85. The minimum atomic E-state index is 0. The van der Waals surface area contributed by atoms with E-state index in [1.807, 2.05) is 11.9 Å². The smallest absolute Gasteiger partial charge is 0.236 e. The van der Waals surface area contributed by atoms with Crippen molar-refractivity contribution in [2.45, 2.75) is 51.6 Å². The Hall–Kier alpha value is -0.320. The predicted molar refractivity (Wildman–Crippen MR) is 85.3 cm³/mol. The van der Waals surface area contributed by atoms with Crippen molar-refractivity contribution in [1.82, 2.24) is 15.1 Å². The van der Waals surface area contributed by atoms with E-state index in [0.717, 1.165) is 25.6 Å². The number of rotatable bonds is 3. The molecule has 1 saturated carbocycles. The molecule has 118 valence electrons. The Morgan fingerprint density at radius 3 is 2.50 bits per heavy atom. The zero-order valence-corrected chi connectivity index (χ0v) is 13.9. The molecule has 20 heavy (non-hydrogen) atoms. The summed E-state index contributed by atoms with van der Waals surface area (Å²) < 4.78 is 0. The Bertz CT molecular complexity index is 305. The maximum Gasteiger partial charge on any atom is 0.236 e. The summed E-state index contributed by atoms with van der Waals surface area (Å²) in [6.07, 6.45) is 4.90. The number of carbonyl (C=O) groups excluding carboxylic acids is 1. The van der Waals surface area contributed by atoms with Crippen LogP contribution in [-0.4, -0.2) is 61.0 Å². The summed E-state index contributed by atoms with van der Waals surface area (Å²) in [7, 11) is 2.00. The van der Waals surface area contributed by atoms with Crippen LogP contribution in [-0.2, 0) is 4.79 Å². The largest absolute Gasteiger partial charge is 0.342 e. The van der Waals surface area contributed by atoms with Gasteiger partial charge in [-0.15, -0.1) is 12.4 Å². The second-order valence-electron chi connectivity index (χ2n) is 6.44. The van der Waals surface area contributed by atoms with E-state index in [0.29, 0.717) is 24.5 Å². The van der Waals surface area contributed by atoms with Crippen molar-refractivity contribution in [3.63, 3.8) is 0 Å². The van der Waals surface area contributed by atoms with Gasteiger partial charge in [-0.3, -0.25) is 9.69 Å². The number of halogens is 1. The lowest BCUT2D eigenvalue weighted by atomic mass is 9.87. The molecule has 0 aromatic carbocycles. The third-order valence-corrected chi connectivity index (χ3v) is 4.90. The molecule has 2 fully saturated rings. The van der Waals surface area contributed by atoms with Gasteiger partial charge in [-0.2, -0.15) is 0 Å². The van der Waals surface area contributed by atoms with Gasteiger partial charge in [0.2, 0.25) is 5.91 Å². The van der Waals surface area contributed by atoms with Crippen LogP contribution >= 0.6 is 12.4 Å². The highest BCUT2D eigenvalue weighted by Crippen LogP contribution is 2.26. The Morgan fingerprint density at radius 1 is 1.25 bits per heavy atom. The van der Waals surface area contributed by atoms with Crippen LogP contribution in [0.3, 0.4) is 0 Å². The van der Waals surface area contributed by atoms with E-state index in [1.54, 1.807) is 0 Å². The van der Waals surface area contributed by atoms with Gasteiger partial charge < -0.3 is 10.2 Å². The van der Waals surface area contributed by atoms with E-state index >= 15 is 0 Å². The van der Waals surface area contributed by atoms with Crippen molar-refractivity contribution in [2.75, 3.05) is 33.2 Å². The zero-order valence-electron chi connectivity index (χ0n) is 13.1. The Morgan fingerprint density at radius 2 is 1.90 bits per heavy atom. The maximum absolute atomic E-state index is 12.4. The van der Waals surface area contributed by atoms with Crippen LogP contribution in [0.1, 0.15) is 39.5 Å². The summed E-state index contributed by atoms with van der Waals surface area (Å²) in [6, 6.07) is 0.944. The summed E-state index contributed by atoms with van der Waals surface area (Å²) in [4.78, 5) is 16.7. The third kappa shape index (κ3) is 4.61. The van der Waals surface area contributed by atoms with Gasteiger partial charge in [-0.25, -0.2) is 0 Å². The fourth-order valence-electron chi connectivity index (χ4n) is 3.24. The first-order valence-electron chi connectivity index (χ1n) is 7.78. The molecule has 4 nitrogen and oxygen atoms in total. The highest BCUT2D eigenvalue weighted by atomic mass is 35.5. The first-order valence-corrected chi connectivity index (χ1v) is 7.78. The summed E-state index contributed by atoms with van der Waals surface area (Å²) in [5.74, 6) is 1.14. The van der Waals surface area contributed by atoms with Gasteiger partial charge in [0, 0.05) is 38.8 Å². The molecule has 0 aromatic rings. The molecule has 1 atom stereocenters. The molecule has 1 saturated heterocycles. The molecule has 0 bridgehead atoms. The Labute approximate surface area is 129 Å². The van der Waals surface area contributed by atoms with Gasteiger partial charge in [-0.05, 0) is 38.5 Å². The van der Waals surface area contributed by atoms with Crippen molar-refractivity contribution in [3.8, 4) is 0 Å². The standard InChI is InChI=1S/C15H29N3O.ClH/c1-12-4-6-14(7-5-12)17(3)15(19)11-18-9-8-16-10-13(18)2;/h12-14,16H,4-11H2,1-3H3;1H. The van der Waals surface area contributed by atoms with Crippen molar-refractivity contribution in [1.29, 1.82) is 0 Å². The summed E-state index contributed by atoms with van der Waals surface area (Å²) in [5.41, 5.74) is 0. The second kappa shape index (κ2) is 8.20. The lowest BCUT2D eigenvalue weighted by Gasteiger charge is -2.37. The number of nitrogens with zero attached hydrogens (tertiary/aromatic N) is 2. The van der Waals surface area contributed by atoms with Crippen LogP contribution in [0.4, 0.5) is 0 Å². The summed E-state index contributed by atoms with van der Waals surface area (Å²) in [5, 5.41) is 3.37. The number of likely N-dealkylation sites (N-methyl/N-ethyl adjacent to an activating group) is 1. The number of hydrogen-bond acceptors (Lipinski definition) is 3. The zero-order chi connectivity index (χ0) is 13.8. The lowest BCUT2D eigenvalue weighted by molar-refractivity contribution is -0.134. The molecule has 2 aliphatic rings. The van der Waals surface area contributed by atoms with E-state index in [2.05, 4.69) is 24.1 Å². The van der Waals surface area contributed by atoms with E-state index in [-0.39, 0.29) is 12.4 Å². The monoisotopic (exact) mass is 303 g/mol. The van der Waals surface area contributed by atoms with Crippen LogP contribution in [0.15, 0.2) is 0 Å². The molecule has 0 spiro atoms. The van der Waals surface area contributed by atoms with E-state index in [4.69, 9.17) is 0 Å². The quantitative estimate of drug-likeness (QED) is 0.863. The second-order valence-corrected chi connectivity index (χ2v) is 6.44. The van der Waals surface area contributed by atoms with Gasteiger partial charge in [0.15, 0.2) is 0 Å². The molecule has 0 aromatic heterocycles. The van der Waals surface area contributed by atoms with Gasteiger partial charge >= 0.3 is 0 Å². The molecule has 5 heteroatoms. The number of nitrogens with one attached hydrogen (secondary N) is 1. The number of amides is 1. The van der Waals surface area contributed by atoms with E-state index < -0.39 is 0 Å². The average molecular weight is 304 g/mol. The highest BCUT2D eigenvalue weighted by Gasteiger charge is 2.27. The van der Waals surface area contributed by atoms with Crippen LogP contribution in [0.2, 0.25) is 0 Å².